The summed E-state index contributed by atoms with van der Waals surface area (Å²) in [4.78, 5) is 20.4. The lowest BCUT2D eigenvalue weighted by molar-refractivity contribution is -0.192. The Bertz CT molecular complexity index is 1440. The number of hydrogen-bond acceptors (Lipinski definition) is 7. The van der Waals surface area contributed by atoms with E-state index in [1.165, 1.54) is 18.2 Å². The molecule has 1 fully saturated rings. The second kappa shape index (κ2) is 14.6. The fourth-order valence-electron chi connectivity index (χ4n) is 4.75. The number of carbonyl (C=O) groups is 1. The maximum atomic E-state index is 13.9. The largest absolute Gasteiger partial charge is 0.490 e. The average molecular weight is 614 g/mol. The van der Waals surface area contributed by atoms with E-state index in [-0.39, 0.29) is 10.8 Å². The van der Waals surface area contributed by atoms with Crippen LogP contribution < -0.4 is 14.9 Å². The quantitative estimate of drug-likeness (QED) is 0.258. The normalized spacial score (nSPS) is 17.3. The number of halogens is 4. The third kappa shape index (κ3) is 8.99. The average Bonchev–Trinajstić information content (AvgIpc) is 2.96. The van der Waals surface area contributed by atoms with E-state index in [0.29, 0.717) is 18.4 Å². The first kappa shape index (κ1) is 33.0. The number of carboxylic acid groups (broad SMARTS) is 1. The van der Waals surface area contributed by atoms with Gasteiger partial charge in [-0.25, -0.2) is 27.3 Å². The van der Waals surface area contributed by atoms with Crippen LogP contribution in [-0.2, 0) is 14.8 Å². The second-order valence-electron chi connectivity index (χ2n) is 9.91. The summed E-state index contributed by atoms with van der Waals surface area (Å²) in [7, 11) is -3.84. The molecule has 0 spiro atoms. The number of sulfonamides is 1. The Morgan fingerprint density at radius 1 is 0.952 bits per heavy atom. The number of hydrogen-bond donors (Lipinski definition) is 3. The minimum absolute atomic E-state index is 0.249. The molecule has 4 rings (SSSR count). The van der Waals surface area contributed by atoms with Crippen LogP contribution in [0.1, 0.15) is 39.5 Å². The zero-order chi connectivity index (χ0) is 30.9. The molecule has 1 aliphatic rings. The van der Waals surface area contributed by atoms with Crippen molar-refractivity contribution in [3.05, 3.63) is 54.3 Å². The maximum absolute atomic E-state index is 13.9. The molecular weight excluding hydrogens is 578 g/mol. The standard InChI is InChI=1S/C26H34FN5O2S.C2HF3O2/c1-3-32(4-2)25-21-9-5-7-11-23(21)30-26(31-25)28-17-19-13-15-20(16-14-19)18-29-35(33,34)24-12-8-6-10-22(24)27;3-2(4,5)1(6)7/h5-12,19-20,29H,3-4,13-18H2,1-2H3,(H,28,30,31);(H,6,7). The summed E-state index contributed by atoms with van der Waals surface area (Å²) in [5, 5.41) is 11.6. The minimum Gasteiger partial charge on any atom is -0.475 e. The van der Waals surface area contributed by atoms with Crippen molar-refractivity contribution in [2.24, 2.45) is 11.8 Å². The highest BCUT2D eigenvalue weighted by Gasteiger charge is 2.38. The lowest BCUT2D eigenvalue weighted by atomic mass is 9.82. The SMILES string of the molecule is CCN(CC)c1nc(NCC2CCC(CNS(=O)(=O)c3ccccc3F)CC2)nc2ccccc12.O=C(O)C(F)(F)F. The summed E-state index contributed by atoms with van der Waals surface area (Å²) in [6.45, 7) is 7.12. The van der Waals surface area contributed by atoms with Crippen LogP contribution in [0, 0.1) is 17.7 Å². The Kier molecular flexibility index (Phi) is 11.5. The number of nitrogens with one attached hydrogen (secondary N) is 2. The summed E-state index contributed by atoms with van der Waals surface area (Å²) in [5.74, 6) is -1.16. The molecular formula is C28H35F4N5O4S. The number of nitrogens with zero attached hydrogens (tertiary/aromatic N) is 3. The third-order valence-corrected chi connectivity index (χ3v) is 8.55. The van der Waals surface area contributed by atoms with Crippen LogP contribution in [-0.4, -0.2) is 61.8 Å². The number of aliphatic carboxylic acids is 1. The van der Waals surface area contributed by atoms with E-state index in [4.69, 9.17) is 19.9 Å². The van der Waals surface area contributed by atoms with E-state index in [9.17, 15) is 26.0 Å². The summed E-state index contributed by atoms with van der Waals surface area (Å²) in [5.41, 5.74) is 0.928. The highest BCUT2D eigenvalue weighted by atomic mass is 32.2. The molecule has 0 aliphatic heterocycles. The number of carboxylic acids is 1. The molecule has 1 saturated carbocycles. The van der Waals surface area contributed by atoms with Gasteiger partial charge in [-0.15, -0.1) is 0 Å². The molecule has 1 aromatic heterocycles. The molecule has 14 heteroatoms. The Balaban J connectivity index is 0.000000616. The van der Waals surface area contributed by atoms with Gasteiger partial charge < -0.3 is 15.3 Å². The molecule has 1 heterocycles. The molecule has 3 N–H and O–H groups in total. The molecule has 0 unspecified atom stereocenters. The van der Waals surface area contributed by atoms with Crippen LogP contribution in [0.3, 0.4) is 0 Å². The van der Waals surface area contributed by atoms with Gasteiger partial charge in [-0.3, -0.25) is 0 Å². The summed E-state index contributed by atoms with van der Waals surface area (Å²) >= 11 is 0. The summed E-state index contributed by atoms with van der Waals surface area (Å²) < 4.78 is 73.1. The van der Waals surface area contributed by atoms with Crippen molar-refractivity contribution in [3.63, 3.8) is 0 Å². The van der Waals surface area contributed by atoms with Crippen molar-refractivity contribution in [1.82, 2.24) is 14.7 Å². The molecule has 230 valence electrons. The van der Waals surface area contributed by atoms with Crippen molar-refractivity contribution >= 4 is 38.7 Å². The number of alkyl halides is 3. The van der Waals surface area contributed by atoms with Gasteiger partial charge in [-0.1, -0.05) is 24.3 Å². The molecule has 0 saturated heterocycles. The molecule has 42 heavy (non-hydrogen) atoms. The Morgan fingerprint density at radius 2 is 1.50 bits per heavy atom. The lowest BCUT2D eigenvalue weighted by Crippen LogP contribution is -2.32. The van der Waals surface area contributed by atoms with Gasteiger partial charge in [-0.2, -0.15) is 18.2 Å². The van der Waals surface area contributed by atoms with Crippen molar-refractivity contribution in [1.29, 1.82) is 0 Å². The van der Waals surface area contributed by atoms with Crippen molar-refractivity contribution < 1.29 is 35.9 Å². The van der Waals surface area contributed by atoms with E-state index >= 15 is 0 Å². The predicted octanol–water partition coefficient (Wildman–Crippen LogP) is 5.45. The van der Waals surface area contributed by atoms with Crippen LogP contribution >= 0.6 is 0 Å². The first-order valence-corrected chi connectivity index (χ1v) is 15.1. The molecule has 0 amide bonds. The van der Waals surface area contributed by atoms with Gasteiger partial charge in [-0.05, 0) is 75.6 Å². The van der Waals surface area contributed by atoms with Crippen LogP contribution in [0.2, 0.25) is 0 Å². The zero-order valence-electron chi connectivity index (χ0n) is 23.4. The van der Waals surface area contributed by atoms with Crippen molar-refractivity contribution in [3.8, 4) is 0 Å². The smallest absolute Gasteiger partial charge is 0.475 e. The van der Waals surface area contributed by atoms with Crippen LogP contribution in [0.5, 0.6) is 0 Å². The minimum atomic E-state index is -5.08. The topological polar surface area (TPSA) is 125 Å². The second-order valence-corrected chi connectivity index (χ2v) is 11.6. The van der Waals surface area contributed by atoms with Crippen LogP contribution in [0.4, 0.5) is 29.3 Å². The summed E-state index contributed by atoms with van der Waals surface area (Å²) in [6.07, 6.45) is -1.24. The number of fused-ring (bicyclic) bond motifs is 1. The summed E-state index contributed by atoms with van der Waals surface area (Å²) in [6, 6.07) is 13.6. The molecule has 0 atom stereocenters. The Hall–Kier alpha value is -3.52. The van der Waals surface area contributed by atoms with E-state index in [0.717, 1.165) is 68.1 Å². The van der Waals surface area contributed by atoms with Gasteiger partial charge in [0.05, 0.1) is 5.52 Å². The van der Waals surface area contributed by atoms with E-state index in [2.05, 4.69) is 34.9 Å². The highest BCUT2D eigenvalue weighted by molar-refractivity contribution is 7.89. The number of benzene rings is 2. The Morgan fingerprint density at radius 3 is 2.07 bits per heavy atom. The zero-order valence-corrected chi connectivity index (χ0v) is 24.2. The Labute approximate surface area is 242 Å². The lowest BCUT2D eigenvalue weighted by Gasteiger charge is -2.29. The fraction of sp³-hybridized carbons (Fsp3) is 0.464. The maximum Gasteiger partial charge on any atom is 0.490 e. The first-order chi connectivity index (χ1) is 19.9. The third-order valence-electron chi connectivity index (χ3n) is 7.09. The first-order valence-electron chi connectivity index (χ1n) is 13.7. The fourth-order valence-corrected chi connectivity index (χ4v) is 5.94. The molecule has 2 aromatic carbocycles. The monoisotopic (exact) mass is 613 g/mol. The van der Waals surface area contributed by atoms with E-state index in [1.807, 2.05) is 18.2 Å². The predicted molar refractivity (Wildman–Crippen MR) is 152 cm³/mol. The number of aromatic nitrogens is 2. The van der Waals surface area contributed by atoms with Crippen molar-refractivity contribution in [2.45, 2.75) is 50.6 Å². The van der Waals surface area contributed by atoms with Gasteiger partial charge in [0.1, 0.15) is 16.5 Å². The number of para-hydroxylation sites is 1. The van der Waals surface area contributed by atoms with Gasteiger partial charge in [0.2, 0.25) is 16.0 Å². The van der Waals surface area contributed by atoms with Gasteiger partial charge in [0, 0.05) is 31.6 Å². The molecule has 1 aliphatic carbocycles. The van der Waals surface area contributed by atoms with Crippen molar-refractivity contribution in [2.75, 3.05) is 36.4 Å². The highest BCUT2D eigenvalue weighted by Crippen LogP contribution is 2.30. The number of anilines is 2. The van der Waals surface area contributed by atoms with E-state index < -0.39 is 28.0 Å². The van der Waals surface area contributed by atoms with E-state index in [1.54, 1.807) is 0 Å². The number of rotatable bonds is 10. The van der Waals surface area contributed by atoms with Gasteiger partial charge in [0.15, 0.2) is 0 Å². The van der Waals surface area contributed by atoms with Crippen LogP contribution in [0.15, 0.2) is 53.4 Å². The molecule has 0 bridgehead atoms. The molecule has 9 nitrogen and oxygen atoms in total. The van der Waals surface area contributed by atoms with Gasteiger partial charge >= 0.3 is 12.1 Å². The molecule has 0 radical (unpaired) electrons. The molecule has 3 aromatic rings. The van der Waals surface area contributed by atoms with Gasteiger partial charge in [0.25, 0.3) is 0 Å². The van der Waals surface area contributed by atoms with Crippen LogP contribution in [0.25, 0.3) is 10.9 Å².